The van der Waals surface area contributed by atoms with Crippen molar-refractivity contribution in [3.05, 3.63) is 46.3 Å². The second-order valence-electron chi connectivity index (χ2n) is 9.40. The molecule has 0 radical (unpaired) electrons. The minimum atomic E-state index is -3.73. The molecule has 7 nitrogen and oxygen atoms in total. The Kier molecular flexibility index (Phi) is 9.11. The number of alkyl halides is 2. The van der Waals surface area contributed by atoms with Crippen LogP contribution in [-0.4, -0.2) is 70.6 Å². The van der Waals surface area contributed by atoms with Gasteiger partial charge in [-0.3, -0.25) is 9.69 Å². The van der Waals surface area contributed by atoms with Gasteiger partial charge >= 0.3 is 0 Å². The van der Waals surface area contributed by atoms with Gasteiger partial charge in [0.1, 0.15) is 0 Å². The lowest BCUT2D eigenvalue weighted by Gasteiger charge is -2.50. The normalized spacial score (nSPS) is 20.6. The Morgan fingerprint density at radius 3 is 2.28 bits per heavy atom. The van der Waals surface area contributed by atoms with Gasteiger partial charge in [0.2, 0.25) is 5.92 Å². The van der Waals surface area contributed by atoms with Gasteiger partial charge in [0, 0.05) is 74.8 Å². The van der Waals surface area contributed by atoms with Crippen LogP contribution in [0.5, 0.6) is 0 Å². The molecule has 0 spiro atoms. The summed E-state index contributed by atoms with van der Waals surface area (Å²) in [5, 5.41) is 0.682. The van der Waals surface area contributed by atoms with Gasteiger partial charge in [0.25, 0.3) is 10.0 Å². The maximum atomic E-state index is 14.1. The first-order chi connectivity index (χ1) is 16.4. The third-order valence-electron chi connectivity index (χ3n) is 7.16. The van der Waals surface area contributed by atoms with E-state index in [0.29, 0.717) is 30.1 Å². The van der Waals surface area contributed by atoms with E-state index in [2.05, 4.69) is 9.88 Å². The molecule has 1 aliphatic heterocycles. The molecule has 1 saturated heterocycles. The predicted octanol–water partition coefficient (Wildman–Crippen LogP) is 5.07. The number of aromatic nitrogens is 2. The average molecular weight is 586 g/mol. The molecule has 0 atom stereocenters. The van der Waals surface area contributed by atoms with E-state index in [4.69, 9.17) is 23.2 Å². The van der Waals surface area contributed by atoms with E-state index in [1.165, 1.54) is 22.9 Å². The lowest BCUT2D eigenvalue weighted by molar-refractivity contribution is -0.0891. The molecule has 1 aromatic carbocycles. The lowest BCUT2D eigenvalue weighted by atomic mass is 9.74. The molecule has 0 bridgehead atoms. The highest BCUT2D eigenvalue weighted by molar-refractivity contribution is 7.89. The molecule has 0 unspecified atom stereocenters. The zero-order valence-electron chi connectivity index (χ0n) is 19.8. The van der Waals surface area contributed by atoms with Crippen LogP contribution < -0.4 is 0 Å². The quantitative estimate of drug-likeness (QED) is 0.425. The smallest absolute Gasteiger partial charge is 0.262 e. The number of rotatable bonds is 7. The second kappa shape index (κ2) is 11.2. The molecule has 200 valence electrons. The number of halogens is 5. The summed E-state index contributed by atoms with van der Waals surface area (Å²) in [7, 11) is -2.03. The fourth-order valence-electron chi connectivity index (χ4n) is 5.06. The number of aryl methyl sites for hydroxylation is 1. The summed E-state index contributed by atoms with van der Waals surface area (Å²) < 4.78 is 57.0. The molecule has 13 heteroatoms. The Bertz CT molecular complexity index is 1190. The molecular formula is C23H29Cl3F2N4O3S. The summed E-state index contributed by atoms with van der Waals surface area (Å²) in [5.74, 6) is -2.89. The Hall–Kier alpha value is -1.30. The third kappa shape index (κ3) is 6.22. The maximum absolute atomic E-state index is 14.1. The largest absolute Gasteiger partial charge is 0.339 e. The fraction of sp³-hybridized carbons (Fsp3) is 0.565. The van der Waals surface area contributed by atoms with Crippen LogP contribution in [0.25, 0.3) is 0 Å². The highest BCUT2D eigenvalue weighted by Crippen LogP contribution is 2.44. The van der Waals surface area contributed by atoms with E-state index in [1.54, 1.807) is 23.7 Å². The topological polar surface area (TPSA) is 75.5 Å². The van der Waals surface area contributed by atoms with Crippen molar-refractivity contribution in [1.82, 2.24) is 18.8 Å². The first kappa shape index (κ1) is 29.3. The van der Waals surface area contributed by atoms with Crippen molar-refractivity contribution in [3.8, 4) is 0 Å². The van der Waals surface area contributed by atoms with Gasteiger partial charge in [-0.25, -0.2) is 22.2 Å². The fourth-order valence-corrected chi connectivity index (χ4v) is 6.96. The monoisotopic (exact) mass is 584 g/mol. The minimum absolute atomic E-state index is 0. The van der Waals surface area contributed by atoms with Crippen molar-refractivity contribution in [1.29, 1.82) is 0 Å². The molecule has 4 rings (SSSR count). The zero-order valence-corrected chi connectivity index (χ0v) is 22.9. The van der Waals surface area contributed by atoms with Gasteiger partial charge in [-0.15, -0.1) is 12.4 Å². The van der Waals surface area contributed by atoms with Crippen molar-refractivity contribution in [2.24, 2.45) is 7.05 Å². The van der Waals surface area contributed by atoms with Crippen LogP contribution in [0.1, 0.15) is 48.9 Å². The molecule has 2 fully saturated rings. The molecule has 0 N–H and O–H groups in total. The SMILES string of the molecule is Cl.Cn1cnc(S(=O)(=O)N2CCN(C3(CCC(=O)c4ccc(Cl)cc4Cl)CCC(F)(F)CC3)CC2)c1. The van der Waals surface area contributed by atoms with Crippen LogP contribution in [0.2, 0.25) is 10.0 Å². The van der Waals surface area contributed by atoms with E-state index in [9.17, 15) is 22.0 Å². The minimum Gasteiger partial charge on any atom is -0.339 e. The van der Waals surface area contributed by atoms with E-state index in [1.807, 2.05) is 0 Å². The number of carbonyl (C=O) groups excluding carboxylic acids is 1. The van der Waals surface area contributed by atoms with Gasteiger partial charge < -0.3 is 4.57 Å². The number of ketones is 1. The van der Waals surface area contributed by atoms with Crippen LogP contribution in [0, 0.1) is 0 Å². The molecule has 0 amide bonds. The lowest BCUT2D eigenvalue weighted by Crippen LogP contribution is -2.59. The van der Waals surface area contributed by atoms with E-state index >= 15 is 0 Å². The number of hydrogen-bond donors (Lipinski definition) is 0. The number of benzene rings is 1. The van der Waals surface area contributed by atoms with Crippen molar-refractivity contribution >= 4 is 51.4 Å². The molecule has 1 saturated carbocycles. The van der Waals surface area contributed by atoms with Crippen LogP contribution in [0.3, 0.4) is 0 Å². The summed E-state index contributed by atoms with van der Waals surface area (Å²) in [6, 6.07) is 4.68. The van der Waals surface area contributed by atoms with Crippen molar-refractivity contribution in [2.75, 3.05) is 26.2 Å². The second-order valence-corrected chi connectivity index (χ2v) is 12.1. The molecule has 2 aromatic rings. The van der Waals surface area contributed by atoms with Gasteiger partial charge in [0.05, 0.1) is 11.3 Å². The summed E-state index contributed by atoms with van der Waals surface area (Å²) in [6.45, 7) is 1.25. The van der Waals surface area contributed by atoms with E-state index in [0.717, 1.165) is 0 Å². The third-order valence-corrected chi connectivity index (χ3v) is 9.49. The summed E-state index contributed by atoms with van der Waals surface area (Å²) in [4.78, 5) is 19.0. The summed E-state index contributed by atoms with van der Waals surface area (Å²) in [6.07, 6.45) is 3.42. The standard InChI is InChI=1S/C23H28Cl2F2N4O3S.ClH/c1-29-15-21(28-16-29)35(33,34)31-12-10-30(11-13-31)22(6-8-23(26,27)9-7-22)5-4-20(32)18-3-2-17(24)14-19(18)25;/h2-3,14-16H,4-13H2,1H3;1H. The Balaban J connectivity index is 0.00000361. The Labute approximate surface area is 226 Å². The molecule has 36 heavy (non-hydrogen) atoms. The molecule has 1 aromatic heterocycles. The number of carbonyl (C=O) groups is 1. The Morgan fingerprint density at radius 2 is 1.72 bits per heavy atom. The maximum Gasteiger partial charge on any atom is 0.262 e. The highest BCUT2D eigenvalue weighted by Gasteiger charge is 2.47. The number of sulfonamides is 1. The van der Waals surface area contributed by atoms with Crippen LogP contribution in [-0.2, 0) is 17.1 Å². The average Bonchev–Trinajstić information content (AvgIpc) is 3.26. The summed E-state index contributed by atoms with van der Waals surface area (Å²) in [5.41, 5.74) is -0.240. The van der Waals surface area contributed by atoms with Gasteiger partial charge in [0.15, 0.2) is 10.8 Å². The number of imidazole rings is 1. The highest BCUT2D eigenvalue weighted by atomic mass is 35.5. The first-order valence-corrected chi connectivity index (χ1v) is 13.7. The van der Waals surface area contributed by atoms with Gasteiger partial charge in [-0.1, -0.05) is 23.2 Å². The van der Waals surface area contributed by atoms with Crippen LogP contribution in [0.4, 0.5) is 8.78 Å². The zero-order chi connectivity index (χ0) is 25.4. The van der Waals surface area contributed by atoms with Gasteiger partial charge in [-0.2, -0.15) is 4.31 Å². The number of hydrogen-bond acceptors (Lipinski definition) is 5. The number of nitrogens with zero attached hydrogens (tertiary/aromatic N) is 4. The molecular weight excluding hydrogens is 557 g/mol. The number of piperazine rings is 1. The van der Waals surface area contributed by atoms with Crippen molar-refractivity contribution in [2.45, 2.75) is 55.0 Å². The molecule has 2 aliphatic rings. The molecule has 1 aliphatic carbocycles. The number of Topliss-reactive ketones (excluding diaryl/α,β-unsaturated/α-hetero) is 1. The van der Waals surface area contributed by atoms with Gasteiger partial charge in [-0.05, 0) is 37.5 Å². The Morgan fingerprint density at radius 1 is 1.08 bits per heavy atom. The van der Waals surface area contributed by atoms with E-state index in [-0.39, 0.29) is 73.4 Å². The first-order valence-electron chi connectivity index (χ1n) is 11.5. The van der Waals surface area contributed by atoms with Crippen molar-refractivity contribution < 1.29 is 22.0 Å². The van der Waals surface area contributed by atoms with Crippen molar-refractivity contribution in [3.63, 3.8) is 0 Å². The predicted molar refractivity (Wildman–Crippen MR) is 137 cm³/mol. The van der Waals surface area contributed by atoms with Crippen LogP contribution in [0.15, 0.2) is 35.7 Å². The van der Waals surface area contributed by atoms with Crippen LogP contribution >= 0.6 is 35.6 Å². The summed E-state index contributed by atoms with van der Waals surface area (Å²) >= 11 is 12.1. The molecule has 2 heterocycles. The van der Waals surface area contributed by atoms with E-state index < -0.39 is 21.5 Å².